The lowest BCUT2D eigenvalue weighted by atomic mass is 9.89. The lowest BCUT2D eigenvalue weighted by Crippen LogP contribution is -2.18. The minimum absolute atomic E-state index is 0.0566. The number of hydrogen-bond acceptors (Lipinski definition) is 2. The number of allylic oxidation sites excluding steroid dienone is 4. The third-order valence-corrected chi connectivity index (χ3v) is 9.72. The van der Waals surface area contributed by atoms with E-state index >= 15 is 0 Å². The molecule has 1 unspecified atom stereocenters. The van der Waals surface area contributed by atoms with Crippen LogP contribution in [0.4, 0.5) is 0 Å². The highest BCUT2D eigenvalue weighted by Crippen LogP contribution is 2.26. The molecule has 0 saturated heterocycles. The minimum atomic E-state index is 0.0566. The van der Waals surface area contributed by atoms with E-state index in [-0.39, 0.29) is 11.9 Å². The summed E-state index contributed by atoms with van der Waals surface area (Å²) in [6, 6.07) is 0. The normalized spacial score (nSPS) is 12.6. The van der Waals surface area contributed by atoms with Crippen LogP contribution in [-0.2, 0) is 9.53 Å². The van der Waals surface area contributed by atoms with Gasteiger partial charge in [-0.25, -0.2) is 0 Å². The number of carbonyl (C=O) groups is 1. The van der Waals surface area contributed by atoms with Gasteiger partial charge in [-0.05, 0) is 57.8 Å². The van der Waals surface area contributed by atoms with Crippen molar-refractivity contribution in [3.63, 3.8) is 0 Å². The predicted octanol–water partition coefficient (Wildman–Crippen LogP) is 15.0. The molecular weight excluding hydrogens is 548 g/mol. The van der Waals surface area contributed by atoms with Crippen molar-refractivity contribution >= 4 is 5.97 Å². The number of esters is 1. The van der Waals surface area contributed by atoms with E-state index in [1.165, 1.54) is 173 Å². The van der Waals surface area contributed by atoms with Gasteiger partial charge in [0.25, 0.3) is 0 Å². The van der Waals surface area contributed by atoms with Crippen molar-refractivity contribution in [2.75, 3.05) is 6.61 Å². The van der Waals surface area contributed by atoms with Crippen LogP contribution in [0.2, 0.25) is 0 Å². The molecule has 0 N–H and O–H groups in total. The van der Waals surface area contributed by atoms with Gasteiger partial charge < -0.3 is 4.74 Å². The summed E-state index contributed by atoms with van der Waals surface area (Å²) < 4.78 is 5.47. The van der Waals surface area contributed by atoms with Crippen molar-refractivity contribution in [1.29, 1.82) is 0 Å². The van der Waals surface area contributed by atoms with E-state index in [2.05, 4.69) is 45.1 Å². The highest BCUT2D eigenvalue weighted by Gasteiger charge is 2.19. The molecule has 0 bridgehead atoms. The quantitative estimate of drug-likeness (QED) is 0.0391. The Morgan fingerprint density at radius 2 is 0.800 bits per heavy atom. The Labute approximate surface area is 284 Å². The van der Waals surface area contributed by atoms with Gasteiger partial charge in [-0.3, -0.25) is 4.79 Å². The van der Waals surface area contributed by atoms with Crippen molar-refractivity contribution in [2.45, 2.75) is 227 Å². The molecule has 0 spiro atoms. The molecule has 45 heavy (non-hydrogen) atoms. The first-order chi connectivity index (χ1) is 22.2. The molecule has 0 aliphatic carbocycles. The van der Waals surface area contributed by atoms with Crippen molar-refractivity contribution in [3.8, 4) is 0 Å². The second-order valence-electron chi connectivity index (χ2n) is 14.1. The van der Waals surface area contributed by atoms with E-state index < -0.39 is 0 Å². The van der Waals surface area contributed by atoms with E-state index in [1.54, 1.807) is 0 Å². The first-order valence-corrected chi connectivity index (χ1v) is 20.7. The molecular formula is C43H82O2. The topological polar surface area (TPSA) is 26.3 Å². The summed E-state index contributed by atoms with van der Waals surface area (Å²) in [4.78, 5) is 12.6. The summed E-state index contributed by atoms with van der Waals surface area (Å²) in [6.45, 7) is 9.33. The van der Waals surface area contributed by atoms with Gasteiger partial charge in [-0.15, -0.1) is 0 Å². The highest BCUT2D eigenvalue weighted by molar-refractivity contribution is 5.72. The van der Waals surface area contributed by atoms with Crippen LogP contribution in [0.1, 0.15) is 227 Å². The number of hydrogen-bond donors (Lipinski definition) is 0. The zero-order valence-electron chi connectivity index (χ0n) is 31.4. The number of carbonyl (C=O) groups excluding carboxylic acids is 1. The van der Waals surface area contributed by atoms with Crippen LogP contribution in [-0.4, -0.2) is 12.6 Å². The highest BCUT2D eigenvalue weighted by atomic mass is 16.5. The fourth-order valence-corrected chi connectivity index (χ4v) is 6.70. The second-order valence-corrected chi connectivity index (χ2v) is 14.1. The average Bonchev–Trinajstić information content (AvgIpc) is 3.04. The summed E-state index contributed by atoms with van der Waals surface area (Å²) in [6.07, 6.45) is 50.3. The third-order valence-electron chi connectivity index (χ3n) is 9.72. The van der Waals surface area contributed by atoms with Gasteiger partial charge in [0.1, 0.15) is 0 Å². The number of rotatable bonds is 36. The lowest BCUT2D eigenvalue weighted by molar-refractivity contribution is -0.148. The molecule has 2 nitrogen and oxygen atoms in total. The van der Waals surface area contributed by atoms with E-state index in [9.17, 15) is 4.79 Å². The Balaban J connectivity index is 4.19. The van der Waals surface area contributed by atoms with E-state index in [4.69, 9.17) is 4.74 Å². The van der Waals surface area contributed by atoms with Crippen molar-refractivity contribution < 1.29 is 9.53 Å². The fraction of sp³-hybridized carbons (Fsp3) is 0.884. The first kappa shape index (κ1) is 43.9. The average molecular weight is 631 g/mol. The minimum Gasteiger partial charge on any atom is -0.466 e. The van der Waals surface area contributed by atoms with Crippen LogP contribution >= 0.6 is 0 Å². The Bertz CT molecular complexity index is 620. The molecule has 1 atom stereocenters. The van der Waals surface area contributed by atoms with Crippen LogP contribution in [0.25, 0.3) is 0 Å². The second kappa shape index (κ2) is 37.4. The van der Waals surface area contributed by atoms with Crippen LogP contribution in [0.5, 0.6) is 0 Å². The zero-order chi connectivity index (χ0) is 32.9. The maximum Gasteiger partial charge on any atom is 0.308 e. The summed E-state index contributed by atoms with van der Waals surface area (Å²) in [7, 11) is 0. The van der Waals surface area contributed by atoms with E-state index in [1.807, 2.05) is 6.92 Å². The van der Waals surface area contributed by atoms with Crippen LogP contribution in [0.15, 0.2) is 24.3 Å². The van der Waals surface area contributed by atoms with Crippen LogP contribution < -0.4 is 0 Å². The Kier molecular flexibility index (Phi) is 36.5. The molecule has 266 valence electrons. The molecule has 0 aromatic rings. The molecule has 0 aromatic heterocycles. The predicted molar refractivity (Wildman–Crippen MR) is 202 cm³/mol. The van der Waals surface area contributed by atoms with Crippen molar-refractivity contribution in [3.05, 3.63) is 24.3 Å². The summed E-state index contributed by atoms with van der Waals surface area (Å²) in [5.74, 6) is 1.12. The Hall–Kier alpha value is -1.05. The molecule has 0 aromatic carbocycles. The molecule has 0 amide bonds. The summed E-state index contributed by atoms with van der Waals surface area (Å²) >= 11 is 0. The first-order valence-electron chi connectivity index (χ1n) is 20.7. The fourth-order valence-electron chi connectivity index (χ4n) is 6.70. The van der Waals surface area contributed by atoms with Crippen LogP contribution in [0.3, 0.4) is 0 Å². The van der Waals surface area contributed by atoms with Crippen LogP contribution in [0, 0.1) is 11.8 Å². The van der Waals surface area contributed by atoms with Gasteiger partial charge in [-0.1, -0.05) is 199 Å². The maximum atomic E-state index is 12.6. The molecule has 0 aliphatic rings. The number of unbranched alkanes of at least 4 members (excludes halogenated alkanes) is 20. The molecule has 0 aliphatic heterocycles. The Morgan fingerprint density at radius 1 is 0.444 bits per heavy atom. The summed E-state index contributed by atoms with van der Waals surface area (Å²) in [5.41, 5.74) is 0. The maximum absolute atomic E-state index is 12.6. The monoisotopic (exact) mass is 631 g/mol. The lowest BCUT2D eigenvalue weighted by Gasteiger charge is -2.18. The van der Waals surface area contributed by atoms with Crippen molar-refractivity contribution in [1.82, 2.24) is 0 Å². The van der Waals surface area contributed by atoms with Gasteiger partial charge in [0.15, 0.2) is 0 Å². The molecule has 0 fully saturated rings. The Morgan fingerprint density at radius 3 is 1.24 bits per heavy atom. The molecule has 0 radical (unpaired) electrons. The van der Waals surface area contributed by atoms with Gasteiger partial charge in [-0.2, -0.15) is 0 Å². The van der Waals surface area contributed by atoms with Gasteiger partial charge in [0, 0.05) is 0 Å². The van der Waals surface area contributed by atoms with E-state index in [0.29, 0.717) is 6.61 Å². The molecule has 2 heteroatoms. The zero-order valence-corrected chi connectivity index (χ0v) is 31.4. The molecule has 0 heterocycles. The smallest absolute Gasteiger partial charge is 0.308 e. The van der Waals surface area contributed by atoms with E-state index in [0.717, 1.165) is 31.6 Å². The summed E-state index contributed by atoms with van der Waals surface area (Å²) in [5, 5.41) is 0. The van der Waals surface area contributed by atoms with Gasteiger partial charge >= 0.3 is 5.97 Å². The van der Waals surface area contributed by atoms with Gasteiger partial charge in [0.05, 0.1) is 12.5 Å². The molecule has 0 saturated carbocycles. The number of ether oxygens (including phenoxy) is 1. The van der Waals surface area contributed by atoms with Crippen molar-refractivity contribution in [2.24, 2.45) is 11.8 Å². The largest absolute Gasteiger partial charge is 0.466 e. The SMILES string of the molecule is CCCCCC=CCC=CCCCCCCC(CCCCCCC(CCCCCCCC)CCCCCCCC)C(=O)OCC. The molecule has 0 rings (SSSR count). The standard InChI is InChI=1S/C43H82O2/c1-5-9-12-15-18-19-20-21-22-23-24-25-28-34-39-42(43(44)45-8-4)40-35-30-29-33-38-41(36-31-26-16-13-10-6-2)37-32-27-17-14-11-7-3/h18-19,21-22,41-42H,5-17,20,23-40H2,1-4H3. The third kappa shape index (κ3) is 32.7. The van der Waals surface area contributed by atoms with Gasteiger partial charge in [0.2, 0.25) is 0 Å².